The monoisotopic (exact) mass is 329 g/mol. The first-order valence-corrected chi connectivity index (χ1v) is 9.08. The normalized spacial score (nSPS) is 24.0. The topological polar surface area (TPSA) is 84.2 Å². The van der Waals surface area contributed by atoms with Gasteiger partial charge in [0.15, 0.2) is 0 Å². The summed E-state index contributed by atoms with van der Waals surface area (Å²) in [6, 6.07) is 7.57. The summed E-state index contributed by atoms with van der Waals surface area (Å²) in [6.45, 7) is 0. The van der Waals surface area contributed by atoms with Crippen molar-refractivity contribution in [3.63, 3.8) is 0 Å². The molecule has 2 aliphatic carbocycles. The third kappa shape index (κ3) is 4.35. The molecule has 5 nitrogen and oxygen atoms in total. The summed E-state index contributed by atoms with van der Waals surface area (Å²) in [5, 5.41) is 5.97. The number of anilines is 1. The first-order valence-electron chi connectivity index (χ1n) is 9.08. The van der Waals surface area contributed by atoms with Gasteiger partial charge in [-0.05, 0) is 55.9 Å². The fraction of sp³-hybridized carbons (Fsp3) is 0.579. The molecule has 2 atom stereocenters. The number of carbonyl (C=O) groups excluding carboxylic acids is 2. The van der Waals surface area contributed by atoms with Gasteiger partial charge in [0.05, 0.1) is 0 Å². The van der Waals surface area contributed by atoms with Crippen molar-refractivity contribution in [2.24, 2.45) is 11.7 Å². The zero-order valence-corrected chi connectivity index (χ0v) is 14.1. The summed E-state index contributed by atoms with van der Waals surface area (Å²) in [5.74, 6) is 0.263. The smallest absolute Gasteiger partial charge is 0.251 e. The van der Waals surface area contributed by atoms with Gasteiger partial charge < -0.3 is 16.4 Å². The second kappa shape index (κ2) is 7.79. The van der Waals surface area contributed by atoms with Gasteiger partial charge in [-0.2, -0.15) is 0 Å². The Labute approximate surface area is 143 Å². The zero-order valence-electron chi connectivity index (χ0n) is 14.1. The van der Waals surface area contributed by atoms with Crippen molar-refractivity contribution in [1.82, 2.24) is 5.32 Å². The van der Waals surface area contributed by atoms with E-state index in [4.69, 9.17) is 5.73 Å². The summed E-state index contributed by atoms with van der Waals surface area (Å²) < 4.78 is 0. The molecule has 130 valence electrons. The van der Waals surface area contributed by atoms with Crippen LogP contribution in [0.25, 0.3) is 0 Å². The van der Waals surface area contributed by atoms with Crippen LogP contribution in [0.5, 0.6) is 0 Å². The molecule has 2 aliphatic rings. The average molecular weight is 329 g/mol. The molecule has 24 heavy (non-hydrogen) atoms. The Kier molecular flexibility index (Phi) is 5.51. The minimum Gasteiger partial charge on any atom is -0.349 e. The minimum absolute atomic E-state index is 0.000470. The average Bonchev–Trinajstić information content (AvgIpc) is 3.20. The van der Waals surface area contributed by atoms with Crippen molar-refractivity contribution in [3.8, 4) is 0 Å². The van der Waals surface area contributed by atoms with Crippen LogP contribution < -0.4 is 16.4 Å². The highest BCUT2D eigenvalue weighted by atomic mass is 16.2. The molecule has 2 fully saturated rings. The van der Waals surface area contributed by atoms with Crippen molar-refractivity contribution in [1.29, 1.82) is 0 Å². The summed E-state index contributed by atoms with van der Waals surface area (Å²) in [4.78, 5) is 24.3. The van der Waals surface area contributed by atoms with Crippen molar-refractivity contribution in [2.75, 3.05) is 5.32 Å². The van der Waals surface area contributed by atoms with Gasteiger partial charge in [-0.15, -0.1) is 0 Å². The molecule has 1 aromatic carbocycles. The van der Waals surface area contributed by atoms with E-state index in [0.29, 0.717) is 23.9 Å². The quantitative estimate of drug-likeness (QED) is 0.776. The van der Waals surface area contributed by atoms with Crippen LogP contribution in [-0.2, 0) is 4.79 Å². The molecular weight excluding hydrogens is 302 g/mol. The molecule has 0 spiro atoms. The fourth-order valence-electron chi connectivity index (χ4n) is 3.81. The zero-order chi connectivity index (χ0) is 16.9. The van der Waals surface area contributed by atoms with E-state index < -0.39 is 0 Å². The summed E-state index contributed by atoms with van der Waals surface area (Å²) in [6.07, 6.45) is 8.18. The first-order chi connectivity index (χ1) is 11.6. The molecule has 2 saturated carbocycles. The number of nitrogens with one attached hydrogen (secondary N) is 2. The van der Waals surface area contributed by atoms with Crippen LogP contribution in [0, 0.1) is 5.92 Å². The van der Waals surface area contributed by atoms with Gasteiger partial charge in [-0.25, -0.2) is 0 Å². The highest BCUT2D eigenvalue weighted by molar-refractivity contribution is 5.96. The fourth-order valence-corrected chi connectivity index (χ4v) is 3.81. The van der Waals surface area contributed by atoms with E-state index in [2.05, 4.69) is 10.6 Å². The predicted molar refractivity (Wildman–Crippen MR) is 94.7 cm³/mol. The lowest BCUT2D eigenvalue weighted by Crippen LogP contribution is -2.32. The van der Waals surface area contributed by atoms with E-state index in [-0.39, 0.29) is 17.9 Å². The summed E-state index contributed by atoms with van der Waals surface area (Å²) >= 11 is 0. The molecule has 0 bridgehead atoms. The van der Waals surface area contributed by atoms with Crippen LogP contribution in [0.2, 0.25) is 0 Å². The molecule has 4 N–H and O–H groups in total. The Balaban J connectivity index is 1.50. The van der Waals surface area contributed by atoms with Crippen molar-refractivity contribution < 1.29 is 9.59 Å². The number of benzene rings is 1. The molecule has 0 unspecified atom stereocenters. The van der Waals surface area contributed by atoms with Gasteiger partial charge >= 0.3 is 0 Å². The first kappa shape index (κ1) is 17.0. The van der Waals surface area contributed by atoms with E-state index in [1.54, 1.807) is 24.3 Å². The number of nitrogens with two attached hydrogens (primary N) is 1. The number of rotatable bonds is 5. The van der Waals surface area contributed by atoms with Crippen LogP contribution in [-0.4, -0.2) is 23.9 Å². The molecule has 3 rings (SSSR count). The number of carbonyl (C=O) groups is 2. The van der Waals surface area contributed by atoms with Crippen LogP contribution in [0.1, 0.15) is 61.7 Å². The van der Waals surface area contributed by atoms with E-state index in [1.807, 2.05) is 0 Å². The second-order valence-corrected chi connectivity index (χ2v) is 7.14. The molecule has 1 aromatic rings. The van der Waals surface area contributed by atoms with E-state index in [0.717, 1.165) is 37.8 Å². The van der Waals surface area contributed by atoms with Gasteiger partial charge in [0.25, 0.3) is 5.91 Å². The largest absolute Gasteiger partial charge is 0.349 e. The van der Waals surface area contributed by atoms with Crippen molar-refractivity contribution in [2.45, 2.75) is 63.5 Å². The molecular formula is C19H27N3O2. The maximum atomic E-state index is 12.2. The van der Waals surface area contributed by atoms with Crippen LogP contribution in [0.15, 0.2) is 24.3 Å². The van der Waals surface area contributed by atoms with Crippen molar-refractivity contribution >= 4 is 17.5 Å². The maximum absolute atomic E-state index is 12.2. The van der Waals surface area contributed by atoms with Gasteiger partial charge in [0.1, 0.15) is 0 Å². The Hall–Kier alpha value is -1.88. The van der Waals surface area contributed by atoms with E-state index >= 15 is 0 Å². The predicted octanol–water partition coefficient (Wildman–Crippen LogP) is 2.82. The second-order valence-electron chi connectivity index (χ2n) is 7.14. The summed E-state index contributed by atoms with van der Waals surface area (Å²) in [5.41, 5.74) is 7.38. The van der Waals surface area contributed by atoms with E-state index in [9.17, 15) is 9.59 Å². The standard InChI is InChI=1S/C19H27N3O2/c20-17-7-3-4-14(17)12-18(23)21-16-10-8-13(9-11-16)19(24)22-15-5-1-2-6-15/h8-11,14-15,17H,1-7,12,20H2,(H,21,23)(H,22,24)/t14-,17+/m0/s1. The molecule has 0 aliphatic heterocycles. The molecule has 0 radical (unpaired) electrons. The van der Waals surface area contributed by atoms with Gasteiger partial charge in [0, 0.05) is 29.8 Å². The Morgan fingerprint density at radius 3 is 2.33 bits per heavy atom. The Morgan fingerprint density at radius 2 is 1.71 bits per heavy atom. The third-order valence-corrected chi connectivity index (χ3v) is 5.29. The Morgan fingerprint density at radius 1 is 1.00 bits per heavy atom. The molecule has 0 saturated heterocycles. The molecule has 2 amide bonds. The Bertz CT molecular complexity index is 579. The number of amides is 2. The highest BCUT2D eigenvalue weighted by Crippen LogP contribution is 2.27. The van der Waals surface area contributed by atoms with Crippen molar-refractivity contribution in [3.05, 3.63) is 29.8 Å². The van der Waals surface area contributed by atoms with Crippen LogP contribution >= 0.6 is 0 Å². The van der Waals surface area contributed by atoms with Crippen LogP contribution in [0.3, 0.4) is 0 Å². The lowest BCUT2D eigenvalue weighted by Gasteiger charge is -2.15. The lowest BCUT2D eigenvalue weighted by atomic mass is 10.00. The lowest BCUT2D eigenvalue weighted by molar-refractivity contribution is -0.117. The number of hydrogen-bond acceptors (Lipinski definition) is 3. The van der Waals surface area contributed by atoms with E-state index in [1.165, 1.54) is 12.8 Å². The van der Waals surface area contributed by atoms with Gasteiger partial charge in [-0.3, -0.25) is 9.59 Å². The summed E-state index contributed by atoms with van der Waals surface area (Å²) in [7, 11) is 0. The molecule has 0 aromatic heterocycles. The van der Waals surface area contributed by atoms with Gasteiger partial charge in [-0.1, -0.05) is 19.3 Å². The number of hydrogen-bond donors (Lipinski definition) is 3. The van der Waals surface area contributed by atoms with Crippen LogP contribution in [0.4, 0.5) is 5.69 Å². The van der Waals surface area contributed by atoms with Gasteiger partial charge in [0.2, 0.25) is 5.91 Å². The minimum atomic E-state index is -0.0308. The molecule has 5 heteroatoms. The third-order valence-electron chi connectivity index (χ3n) is 5.29. The SMILES string of the molecule is N[C@@H]1CCC[C@H]1CC(=O)Nc1ccc(C(=O)NC2CCCC2)cc1. The highest BCUT2D eigenvalue weighted by Gasteiger charge is 2.26. The maximum Gasteiger partial charge on any atom is 0.251 e. The molecule has 0 heterocycles.